The van der Waals surface area contributed by atoms with Gasteiger partial charge in [0.05, 0.1) is 5.69 Å². The van der Waals surface area contributed by atoms with Crippen LogP contribution in [-0.4, -0.2) is 24.5 Å². The normalized spacial score (nSPS) is 13.8. The molecule has 1 aromatic heterocycles. The topological polar surface area (TPSA) is 53.1 Å². The number of rotatable bonds is 5. The molecule has 0 atom stereocenters. The lowest BCUT2D eigenvalue weighted by Gasteiger charge is -2.15. The van der Waals surface area contributed by atoms with Gasteiger partial charge in [-0.05, 0) is 42.1 Å². The molecule has 4 nitrogen and oxygen atoms in total. The fraction of sp³-hybridized carbons (Fsp3) is 0.471. The predicted octanol–water partition coefficient (Wildman–Crippen LogP) is 3.54. The van der Waals surface area contributed by atoms with Crippen molar-refractivity contribution in [2.75, 3.05) is 12.3 Å². The summed E-state index contributed by atoms with van der Waals surface area (Å²) in [4.78, 5) is 0. The van der Waals surface area contributed by atoms with Gasteiger partial charge in [0, 0.05) is 32.1 Å². The van der Waals surface area contributed by atoms with E-state index in [-0.39, 0.29) is 0 Å². The highest BCUT2D eigenvalue weighted by molar-refractivity contribution is 6.76. The van der Waals surface area contributed by atoms with Gasteiger partial charge in [-0.15, -0.1) is 0 Å². The van der Waals surface area contributed by atoms with Crippen molar-refractivity contribution in [3.05, 3.63) is 35.7 Å². The number of nitrogen functional groups attached to an aromatic ring is 1. The number of ether oxygens (including phenoxy) is 1. The van der Waals surface area contributed by atoms with E-state index in [0.717, 1.165) is 25.1 Å². The van der Waals surface area contributed by atoms with Crippen molar-refractivity contribution in [3.8, 4) is 11.1 Å². The van der Waals surface area contributed by atoms with Crippen LogP contribution in [0.3, 0.4) is 0 Å². The molecule has 5 heteroatoms. The highest BCUT2D eigenvalue weighted by atomic mass is 28.3. The number of hydrogen-bond donors (Lipinski definition) is 1. The predicted molar refractivity (Wildman–Crippen MR) is 93.6 cm³/mol. The van der Waals surface area contributed by atoms with Crippen molar-refractivity contribution in [2.45, 2.75) is 45.3 Å². The van der Waals surface area contributed by atoms with Crippen LogP contribution in [0.15, 0.2) is 24.4 Å². The lowest BCUT2D eigenvalue weighted by molar-refractivity contribution is 0.0783. The zero-order chi connectivity index (χ0) is 15.7. The Morgan fingerprint density at radius 3 is 2.82 bits per heavy atom. The summed E-state index contributed by atoms with van der Waals surface area (Å²) in [5.41, 5.74) is 11.7. The van der Waals surface area contributed by atoms with Gasteiger partial charge in [-0.25, -0.2) is 4.68 Å². The lowest BCUT2D eigenvalue weighted by Crippen LogP contribution is -2.22. The van der Waals surface area contributed by atoms with E-state index in [9.17, 15) is 0 Å². The van der Waals surface area contributed by atoms with Crippen LogP contribution in [0, 0.1) is 0 Å². The number of hydrogen-bond acceptors (Lipinski definition) is 3. The molecular formula is C17H25N3OSi. The van der Waals surface area contributed by atoms with Gasteiger partial charge in [-0.3, -0.25) is 0 Å². The molecule has 0 saturated heterocycles. The van der Waals surface area contributed by atoms with Crippen LogP contribution in [0.4, 0.5) is 5.69 Å². The molecule has 0 unspecified atom stereocenters. The summed E-state index contributed by atoms with van der Waals surface area (Å²) in [6.07, 6.45) is 4.10. The van der Waals surface area contributed by atoms with E-state index >= 15 is 0 Å². The number of benzene rings is 1. The second-order valence-electron chi connectivity index (χ2n) is 7.29. The van der Waals surface area contributed by atoms with Crippen LogP contribution >= 0.6 is 0 Å². The fourth-order valence-electron chi connectivity index (χ4n) is 2.81. The van der Waals surface area contributed by atoms with Crippen molar-refractivity contribution in [3.63, 3.8) is 0 Å². The Balaban J connectivity index is 1.69. The van der Waals surface area contributed by atoms with E-state index in [1.165, 1.54) is 28.4 Å². The molecule has 0 saturated carbocycles. The Labute approximate surface area is 133 Å². The summed E-state index contributed by atoms with van der Waals surface area (Å²) in [5.74, 6) is 0. The standard InChI is InChI=1S/C17H25N3OSi/c1-22(2,3)9-8-21-12-20-11-16-15-6-5-14(18)10-13(15)4-7-17(16)19-20/h5-6,10-11H,4,7-9,12,18H2,1-3H3. The maximum atomic E-state index is 5.89. The molecule has 0 amide bonds. The molecule has 22 heavy (non-hydrogen) atoms. The molecule has 2 N–H and O–H groups in total. The molecule has 118 valence electrons. The Morgan fingerprint density at radius 1 is 1.23 bits per heavy atom. The molecule has 2 aromatic rings. The van der Waals surface area contributed by atoms with E-state index in [4.69, 9.17) is 10.5 Å². The number of fused-ring (bicyclic) bond motifs is 3. The summed E-state index contributed by atoms with van der Waals surface area (Å²) < 4.78 is 7.73. The number of anilines is 1. The third kappa shape index (κ3) is 3.42. The molecule has 3 rings (SSSR count). The second kappa shape index (κ2) is 5.89. The van der Waals surface area contributed by atoms with E-state index in [1.807, 2.05) is 10.7 Å². The Kier molecular flexibility index (Phi) is 4.10. The number of nitrogens with two attached hydrogens (primary N) is 1. The maximum Gasteiger partial charge on any atom is 0.139 e. The van der Waals surface area contributed by atoms with Crippen molar-refractivity contribution >= 4 is 13.8 Å². The number of nitrogens with zero attached hydrogens (tertiary/aromatic N) is 2. The Morgan fingerprint density at radius 2 is 2.05 bits per heavy atom. The van der Waals surface area contributed by atoms with Crippen LogP contribution < -0.4 is 5.73 Å². The van der Waals surface area contributed by atoms with Crippen molar-refractivity contribution in [1.29, 1.82) is 0 Å². The average molecular weight is 315 g/mol. The first-order valence-electron chi connectivity index (χ1n) is 7.95. The highest BCUT2D eigenvalue weighted by Gasteiger charge is 2.19. The van der Waals surface area contributed by atoms with Gasteiger partial charge >= 0.3 is 0 Å². The summed E-state index contributed by atoms with van der Waals surface area (Å²) in [7, 11) is -1.02. The summed E-state index contributed by atoms with van der Waals surface area (Å²) in [6, 6.07) is 7.35. The highest BCUT2D eigenvalue weighted by Crippen LogP contribution is 2.33. The molecule has 1 aromatic carbocycles. The SMILES string of the molecule is C[Si](C)(C)CCOCn1cc2c(n1)CCc1cc(N)ccc1-2. The minimum Gasteiger partial charge on any atom is -0.399 e. The fourth-order valence-corrected chi connectivity index (χ4v) is 3.57. The molecule has 0 aliphatic heterocycles. The van der Waals surface area contributed by atoms with Crippen LogP contribution in [0.5, 0.6) is 0 Å². The van der Waals surface area contributed by atoms with Crippen molar-refractivity contribution < 1.29 is 4.74 Å². The largest absolute Gasteiger partial charge is 0.399 e. The molecule has 1 heterocycles. The van der Waals surface area contributed by atoms with E-state index in [0.29, 0.717) is 6.73 Å². The zero-order valence-corrected chi connectivity index (χ0v) is 14.7. The minimum atomic E-state index is -1.02. The van der Waals surface area contributed by atoms with Gasteiger partial charge in [0.1, 0.15) is 6.73 Å². The first kappa shape index (κ1) is 15.3. The smallest absolute Gasteiger partial charge is 0.139 e. The summed E-state index contributed by atoms with van der Waals surface area (Å²) >= 11 is 0. The van der Waals surface area contributed by atoms with Crippen LogP contribution in [0.1, 0.15) is 11.3 Å². The Bertz CT molecular complexity index is 673. The number of aryl methyl sites for hydroxylation is 2. The van der Waals surface area contributed by atoms with E-state index < -0.39 is 8.07 Å². The van der Waals surface area contributed by atoms with Crippen molar-refractivity contribution in [1.82, 2.24) is 9.78 Å². The average Bonchev–Trinajstić information content (AvgIpc) is 2.85. The quantitative estimate of drug-likeness (QED) is 0.521. The monoisotopic (exact) mass is 315 g/mol. The van der Waals surface area contributed by atoms with Gasteiger partial charge in [-0.1, -0.05) is 25.7 Å². The zero-order valence-electron chi connectivity index (χ0n) is 13.7. The van der Waals surface area contributed by atoms with Crippen LogP contribution in [0.2, 0.25) is 25.7 Å². The first-order valence-corrected chi connectivity index (χ1v) is 11.7. The minimum absolute atomic E-state index is 0.543. The Hall–Kier alpha value is -1.59. The van der Waals surface area contributed by atoms with Gasteiger partial charge in [0.2, 0.25) is 0 Å². The van der Waals surface area contributed by atoms with Gasteiger partial charge in [0.15, 0.2) is 0 Å². The maximum absolute atomic E-state index is 5.89. The third-order valence-corrected chi connectivity index (χ3v) is 5.81. The third-order valence-electron chi connectivity index (χ3n) is 4.11. The van der Waals surface area contributed by atoms with Gasteiger partial charge in [0.25, 0.3) is 0 Å². The van der Waals surface area contributed by atoms with Gasteiger partial charge in [-0.2, -0.15) is 5.10 Å². The molecule has 0 bridgehead atoms. The molecule has 0 spiro atoms. The summed E-state index contributed by atoms with van der Waals surface area (Å²) in [6.45, 7) is 8.47. The molecule has 0 radical (unpaired) electrons. The second-order valence-corrected chi connectivity index (χ2v) is 12.9. The molecule has 1 aliphatic carbocycles. The lowest BCUT2D eigenvalue weighted by atomic mass is 9.90. The first-order chi connectivity index (χ1) is 10.4. The van der Waals surface area contributed by atoms with E-state index in [2.05, 4.69) is 43.1 Å². The summed E-state index contributed by atoms with van der Waals surface area (Å²) in [5, 5.41) is 4.68. The molecular weight excluding hydrogens is 290 g/mol. The van der Waals surface area contributed by atoms with Crippen LogP contribution in [-0.2, 0) is 24.3 Å². The van der Waals surface area contributed by atoms with Gasteiger partial charge < -0.3 is 10.5 Å². The molecule has 0 fully saturated rings. The molecule has 1 aliphatic rings. The number of aromatic nitrogens is 2. The van der Waals surface area contributed by atoms with E-state index in [1.54, 1.807) is 0 Å². The van der Waals surface area contributed by atoms with Crippen molar-refractivity contribution in [2.24, 2.45) is 0 Å². The van der Waals surface area contributed by atoms with Crippen LogP contribution in [0.25, 0.3) is 11.1 Å².